The predicted molar refractivity (Wildman–Crippen MR) is 70.4 cm³/mol. The van der Waals surface area contributed by atoms with Gasteiger partial charge in [-0.1, -0.05) is 37.3 Å². The van der Waals surface area contributed by atoms with Crippen LogP contribution >= 0.6 is 0 Å². The van der Waals surface area contributed by atoms with Gasteiger partial charge in [-0.25, -0.2) is 0 Å². The summed E-state index contributed by atoms with van der Waals surface area (Å²) < 4.78 is 0. The lowest BCUT2D eigenvalue weighted by atomic mass is 9.92. The molecule has 0 aliphatic carbocycles. The van der Waals surface area contributed by atoms with Gasteiger partial charge in [0.15, 0.2) is 0 Å². The molecule has 0 spiro atoms. The van der Waals surface area contributed by atoms with E-state index in [1.165, 1.54) is 0 Å². The van der Waals surface area contributed by atoms with Crippen molar-refractivity contribution >= 4 is 5.78 Å². The zero-order chi connectivity index (χ0) is 12.7. The van der Waals surface area contributed by atoms with Crippen LogP contribution in [0.2, 0.25) is 0 Å². The van der Waals surface area contributed by atoms with Gasteiger partial charge < -0.3 is 11.5 Å². The molecular formula is C14H22N2O. The second kappa shape index (κ2) is 7.20. The fraction of sp³-hybridized carbons (Fsp3) is 0.500. The van der Waals surface area contributed by atoms with E-state index in [0.717, 1.165) is 18.4 Å². The average molecular weight is 234 g/mol. The maximum absolute atomic E-state index is 11.6. The summed E-state index contributed by atoms with van der Waals surface area (Å²) >= 11 is 0. The van der Waals surface area contributed by atoms with Gasteiger partial charge in [0, 0.05) is 24.9 Å². The number of rotatable bonds is 7. The van der Waals surface area contributed by atoms with Crippen molar-refractivity contribution in [2.75, 3.05) is 6.54 Å². The van der Waals surface area contributed by atoms with Crippen LogP contribution in [0.3, 0.4) is 0 Å². The maximum Gasteiger partial charge on any atom is 0.136 e. The smallest absolute Gasteiger partial charge is 0.136 e. The Hall–Kier alpha value is -1.19. The fourth-order valence-electron chi connectivity index (χ4n) is 1.95. The van der Waals surface area contributed by atoms with E-state index in [9.17, 15) is 4.79 Å². The summed E-state index contributed by atoms with van der Waals surface area (Å²) in [5.41, 5.74) is 12.8. The summed E-state index contributed by atoms with van der Waals surface area (Å²) in [7, 11) is 0. The first-order chi connectivity index (χ1) is 8.19. The molecule has 1 aromatic rings. The molecule has 1 rings (SSSR count). The highest BCUT2D eigenvalue weighted by Crippen LogP contribution is 2.19. The molecule has 0 aliphatic heterocycles. The average Bonchev–Trinajstić information content (AvgIpc) is 2.39. The highest BCUT2D eigenvalue weighted by molar-refractivity contribution is 5.80. The Morgan fingerprint density at radius 3 is 2.41 bits per heavy atom. The van der Waals surface area contributed by atoms with Crippen LogP contribution in [0.4, 0.5) is 0 Å². The normalized spacial score (nSPS) is 14.3. The van der Waals surface area contributed by atoms with Crippen molar-refractivity contribution < 1.29 is 4.79 Å². The lowest BCUT2D eigenvalue weighted by Crippen LogP contribution is -2.24. The van der Waals surface area contributed by atoms with Crippen LogP contribution in [0, 0.1) is 5.92 Å². The van der Waals surface area contributed by atoms with Gasteiger partial charge in [-0.2, -0.15) is 0 Å². The third-order valence-corrected chi connectivity index (χ3v) is 3.14. The summed E-state index contributed by atoms with van der Waals surface area (Å²) in [5.74, 6) is 0.211. The Kier molecular flexibility index (Phi) is 5.87. The molecule has 0 bridgehead atoms. The number of Topliss-reactive ketones (excluding diaryl/α,β-unsaturated/α-hetero) is 1. The molecule has 0 radical (unpaired) electrons. The van der Waals surface area contributed by atoms with Crippen LogP contribution in [-0.2, 0) is 4.79 Å². The number of carbonyl (C=O) groups is 1. The lowest BCUT2D eigenvalue weighted by molar-refractivity contribution is -0.122. The van der Waals surface area contributed by atoms with E-state index >= 15 is 0 Å². The highest BCUT2D eigenvalue weighted by Gasteiger charge is 2.16. The molecule has 2 atom stereocenters. The molecule has 0 amide bonds. The van der Waals surface area contributed by atoms with E-state index < -0.39 is 0 Å². The molecule has 94 valence electrons. The van der Waals surface area contributed by atoms with Crippen LogP contribution in [0.1, 0.15) is 37.8 Å². The molecule has 1 aromatic carbocycles. The second-order valence-corrected chi connectivity index (χ2v) is 4.35. The summed E-state index contributed by atoms with van der Waals surface area (Å²) in [6.45, 7) is 2.30. The second-order valence-electron chi connectivity index (χ2n) is 4.35. The molecular weight excluding hydrogens is 212 g/mol. The number of hydrogen-bond acceptors (Lipinski definition) is 3. The van der Waals surface area contributed by atoms with Gasteiger partial charge in [-0.3, -0.25) is 4.79 Å². The Bertz CT molecular complexity index is 337. The van der Waals surface area contributed by atoms with Crippen LogP contribution in [0.15, 0.2) is 30.3 Å². The summed E-state index contributed by atoms with van der Waals surface area (Å²) in [4.78, 5) is 11.6. The van der Waals surface area contributed by atoms with E-state index in [4.69, 9.17) is 11.5 Å². The quantitative estimate of drug-likeness (QED) is 0.758. The molecule has 0 saturated carbocycles. The summed E-state index contributed by atoms with van der Waals surface area (Å²) in [6.07, 6.45) is 2.14. The topological polar surface area (TPSA) is 69.1 Å². The number of nitrogens with two attached hydrogens (primary N) is 2. The predicted octanol–water partition coefficient (Wildman–Crippen LogP) is 2.02. The Morgan fingerprint density at radius 1 is 1.24 bits per heavy atom. The van der Waals surface area contributed by atoms with Gasteiger partial charge >= 0.3 is 0 Å². The lowest BCUT2D eigenvalue weighted by Gasteiger charge is -2.16. The van der Waals surface area contributed by atoms with Crippen LogP contribution in [-0.4, -0.2) is 12.3 Å². The van der Waals surface area contributed by atoms with Gasteiger partial charge in [-0.05, 0) is 18.4 Å². The minimum atomic E-state index is -0.0326. The first-order valence-corrected chi connectivity index (χ1v) is 6.22. The van der Waals surface area contributed by atoms with Gasteiger partial charge in [0.05, 0.1) is 0 Å². The SMILES string of the molecule is CCC(=O)C(CN)CCC(N)c1ccccc1. The monoisotopic (exact) mass is 234 g/mol. The summed E-state index contributed by atoms with van der Waals surface area (Å²) in [6, 6.07) is 9.96. The Labute approximate surface area is 103 Å². The van der Waals surface area contributed by atoms with E-state index in [1.807, 2.05) is 37.3 Å². The van der Waals surface area contributed by atoms with Gasteiger partial charge in [0.2, 0.25) is 0 Å². The van der Waals surface area contributed by atoms with Crippen LogP contribution in [0.5, 0.6) is 0 Å². The van der Waals surface area contributed by atoms with Crippen molar-refractivity contribution in [1.29, 1.82) is 0 Å². The minimum Gasteiger partial charge on any atom is -0.330 e. The Balaban J connectivity index is 2.47. The molecule has 0 heterocycles. The minimum absolute atomic E-state index is 0.00472. The third-order valence-electron chi connectivity index (χ3n) is 3.14. The van der Waals surface area contributed by atoms with E-state index in [-0.39, 0.29) is 17.7 Å². The molecule has 0 aromatic heterocycles. The van der Waals surface area contributed by atoms with Crippen LogP contribution < -0.4 is 11.5 Å². The molecule has 3 nitrogen and oxygen atoms in total. The maximum atomic E-state index is 11.6. The van der Waals surface area contributed by atoms with Gasteiger partial charge in [-0.15, -0.1) is 0 Å². The number of carbonyl (C=O) groups excluding carboxylic acids is 1. The molecule has 0 aliphatic rings. The first-order valence-electron chi connectivity index (χ1n) is 6.22. The van der Waals surface area contributed by atoms with Crippen molar-refractivity contribution in [3.63, 3.8) is 0 Å². The highest BCUT2D eigenvalue weighted by atomic mass is 16.1. The van der Waals surface area contributed by atoms with Crippen molar-refractivity contribution in [1.82, 2.24) is 0 Å². The molecule has 17 heavy (non-hydrogen) atoms. The first kappa shape index (κ1) is 13.9. The van der Waals surface area contributed by atoms with Crippen LogP contribution in [0.25, 0.3) is 0 Å². The van der Waals surface area contributed by atoms with Gasteiger partial charge in [0.25, 0.3) is 0 Å². The Morgan fingerprint density at radius 2 is 1.88 bits per heavy atom. The van der Waals surface area contributed by atoms with E-state index in [2.05, 4.69) is 0 Å². The van der Waals surface area contributed by atoms with E-state index in [1.54, 1.807) is 0 Å². The number of hydrogen-bond donors (Lipinski definition) is 2. The standard InChI is InChI=1S/C14H22N2O/c1-2-14(17)12(10-15)8-9-13(16)11-6-4-3-5-7-11/h3-7,12-13H,2,8-10,15-16H2,1H3. The zero-order valence-electron chi connectivity index (χ0n) is 10.4. The molecule has 2 unspecified atom stereocenters. The van der Waals surface area contributed by atoms with Crippen molar-refractivity contribution in [3.8, 4) is 0 Å². The molecule has 0 saturated heterocycles. The van der Waals surface area contributed by atoms with Gasteiger partial charge in [0.1, 0.15) is 5.78 Å². The molecule has 3 heteroatoms. The van der Waals surface area contributed by atoms with Crippen molar-refractivity contribution in [2.24, 2.45) is 17.4 Å². The molecule has 0 fully saturated rings. The summed E-state index contributed by atoms with van der Waals surface area (Å²) in [5, 5.41) is 0. The molecule has 4 N–H and O–H groups in total. The van der Waals surface area contributed by atoms with Crippen molar-refractivity contribution in [2.45, 2.75) is 32.2 Å². The van der Waals surface area contributed by atoms with E-state index in [0.29, 0.717) is 13.0 Å². The van der Waals surface area contributed by atoms with Crippen molar-refractivity contribution in [3.05, 3.63) is 35.9 Å². The number of ketones is 1. The fourth-order valence-corrected chi connectivity index (χ4v) is 1.95. The largest absolute Gasteiger partial charge is 0.330 e. The number of benzene rings is 1. The third kappa shape index (κ3) is 4.29. The zero-order valence-corrected chi connectivity index (χ0v) is 10.4.